The molecule has 5 heteroatoms. The van der Waals surface area contributed by atoms with Gasteiger partial charge >= 0.3 is 0 Å². The molecule has 2 aromatic heterocycles. The average Bonchev–Trinajstić information content (AvgIpc) is 2.99. The molecule has 0 unspecified atom stereocenters. The van der Waals surface area contributed by atoms with Crippen LogP contribution < -0.4 is 5.43 Å². The van der Waals surface area contributed by atoms with Gasteiger partial charge in [-0.05, 0) is 18.4 Å². The summed E-state index contributed by atoms with van der Waals surface area (Å²) in [4.78, 5) is 1.14. The van der Waals surface area contributed by atoms with Gasteiger partial charge in [0.1, 0.15) is 0 Å². The van der Waals surface area contributed by atoms with Crippen LogP contribution in [0.2, 0.25) is 0 Å². The summed E-state index contributed by atoms with van der Waals surface area (Å²) in [5.74, 6) is 0.675. The van der Waals surface area contributed by atoms with E-state index in [0.717, 1.165) is 21.4 Å². The van der Waals surface area contributed by atoms with Gasteiger partial charge in [-0.2, -0.15) is 10.2 Å². The lowest BCUT2D eigenvalue weighted by atomic mass is 10.2. The van der Waals surface area contributed by atoms with Crippen molar-refractivity contribution in [3.05, 3.63) is 52.9 Å². The number of nitrogens with one attached hydrogen (secondary N) is 1. The van der Waals surface area contributed by atoms with Crippen molar-refractivity contribution in [1.29, 1.82) is 0 Å². The second kappa shape index (κ2) is 5.16. The molecule has 1 aromatic carbocycles. The van der Waals surface area contributed by atoms with Gasteiger partial charge in [-0.15, -0.1) is 16.4 Å². The monoisotopic (exact) mass is 268 g/mol. The van der Waals surface area contributed by atoms with Crippen molar-refractivity contribution in [3.63, 3.8) is 0 Å². The van der Waals surface area contributed by atoms with Crippen LogP contribution >= 0.6 is 11.3 Å². The van der Waals surface area contributed by atoms with Crippen LogP contribution in [0.3, 0.4) is 0 Å². The number of hydrazone groups is 1. The SMILES string of the molecule is C/C(=N/Nc1nncc2ccccc12)c1cccs1. The van der Waals surface area contributed by atoms with Crippen LogP contribution in [0.4, 0.5) is 5.82 Å². The summed E-state index contributed by atoms with van der Waals surface area (Å²) < 4.78 is 0. The number of hydrogen-bond donors (Lipinski definition) is 1. The maximum absolute atomic E-state index is 4.36. The van der Waals surface area contributed by atoms with Crippen molar-refractivity contribution in [2.24, 2.45) is 5.10 Å². The summed E-state index contributed by atoms with van der Waals surface area (Å²) in [6, 6.07) is 12.0. The highest BCUT2D eigenvalue weighted by Gasteiger charge is 2.02. The summed E-state index contributed by atoms with van der Waals surface area (Å²) in [7, 11) is 0. The number of benzene rings is 1. The van der Waals surface area contributed by atoms with Gasteiger partial charge in [0.25, 0.3) is 0 Å². The Morgan fingerprint density at radius 2 is 2.11 bits per heavy atom. The van der Waals surface area contributed by atoms with Gasteiger partial charge in [0, 0.05) is 15.6 Å². The van der Waals surface area contributed by atoms with E-state index in [2.05, 4.69) is 20.7 Å². The minimum atomic E-state index is 0.675. The molecule has 1 N–H and O–H groups in total. The first-order valence-corrected chi connectivity index (χ1v) is 6.77. The topological polar surface area (TPSA) is 50.2 Å². The molecule has 2 heterocycles. The number of anilines is 1. The molecule has 0 saturated heterocycles. The van der Waals surface area contributed by atoms with Gasteiger partial charge < -0.3 is 0 Å². The second-order valence-corrected chi connectivity index (χ2v) is 5.01. The Morgan fingerprint density at radius 3 is 2.95 bits per heavy atom. The van der Waals surface area contributed by atoms with E-state index in [0.29, 0.717) is 5.82 Å². The summed E-state index contributed by atoms with van der Waals surface area (Å²) in [5.41, 5.74) is 3.93. The number of aromatic nitrogens is 2. The van der Waals surface area contributed by atoms with Crippen LogP contribution in [0.5, 0.6) is 0 Å². The molecule has 19 heavy (non-hydrogen) atoms. The molecule has 0 fully saturated rings. The zero-order chi connectivity index (χ0) is 13.1. The number of nitrogens with zero attached hydrogens (tertiary/aromatic N) is 3. The molecule has 94 valence electrons. The fraction of sp³-hybridized carbons (Fsp3) is 0.0714. The van der Waals surface area contributed by atoms with Crippen molar-refractivity contribution in [2.75, 3.05) is 5.43 Å². The summed E-state index contributed by atoms with van der Waals surface area (Å²) >= 11 is 1.66. The highest BCUT2D eigenvalue weighted by atomic mass is 32.1. The third kappa shape index (κ3) is 2.46. The molecule has 0 radical (unpaired) electrons. The maximum atomic E-state index is 4.36. The van der Waals surface area contributed by atoms with E-state index in [1.807, 2.05) is 48.7 Å². The van der Waals surface area contributed by atoms with E-state index in [9.17, 15) is 0 Å². The molecule has 0 aliphatic rings. The molecule has 3 aromatic rings. The Labute approximate surface area is 114 Å². The second-order valence-electron chi connectivity index (χ2n) is 4.07. The highest BCUT2D eigenvalue weighted by Crippen LogP contribution is 2.19. The fourth-order valence-electron chi connectivity index (χ4n) is 1.79. The third-order valence-electron chi connectivity index (χ3n) is 2.78. The normalized spacial score (nSPS) is 11.7. The third-order valence-corrected chi connectivity index (χ3v) is 3.76. The minimum Gasteiger partial charge on any atom is -0.259 e. The number of fused-ring (bicyclic) bond motifs is 1. The fourth-order valence-corrected chi connectivity index (χ4v) is 2.46. The first-order valence-electron chi connectivity index (χ1n) is 5.89. The molecule has 3 rings (SSSR count). The Kier molecular flexibility index (Phi) is 3.20. The molecule has 0 bridgehead atoms. The lowest BCUT2D eigenvalue weighted by molar-refractivity contribution is 1.04. The van der Waals surface area contributed by atoms with Crippen molar-refractivity contribution < 1.29 is 0 Å². The highest BCUT2D eigenvalue weighted by molar-refractivity contribution is 7.12. The van der Waals surface area contributed by atoms with E-state index in [1.165, 1.54) is 0 Å². The van der Waals surface area contributed by atoms with Crippen molar-refractivity contribution >= 4 is 33.6 Å². The maximum Gasteiger partial charge on any atom is 0.176 e. The van der Waals surface area contributed by atoms with Crippen LogP contribution in [0.25, 0.3) is 10.8 Å². The number of rotatable bonds is 3. The minimum absolute atomic E-state index is 0.675. The average molecular weight is 268 g/mol. The Balaban J connectivity index is 1.92. The van der Waals surface area contributed by atoms with Gasteiger partial charge in [0.15, 0.2) is 5.82 Å². The summed E-state index contributed by atoms with van der Waals surface area (Å²) in [5, 5.41) is 16.5. The Morgan fingerprint density at radius 1 is 1.21 bits per heavy atom. The predicted molar refractivity (Wildman–Crippen MR) is 79.7 cm³/mol. The van der Waals surface area contributed by atoms with Crippen molar-refractivity contribution in [1.82, 2.24) is 10.2 Å². The molecule has 0 amide bonds. The van der Waals surface area contributed by atoms with Crippen LogP contribution in [0.15, 0.2) is 53.1 Å². The number of hydrogen-bond acceptors (Lipinski definition) is 5. The molecule has 0 atom stereocenters. The lowest BCUT2D eigenvalue weighted by Crippen LogP contribution is -2.00. The van der Waals surface area contributed by atoms with Gasteiger partial charge in [-0.1, -0.05) is 30.3 Å². The molecule has 0 saturated carbocycles. The van der Waals surface area contributed by atoms with E-state index < -0.39 is 0 Å². The first kappa shape index (κ1) is 11.8. The largest absolute Gasteiger partial charge is 0.259 e. The molecule has 0 aliphatic heterocycles. The van der Waals surface area contributed by atoms with Crippen LogP contribution in [-0.4, -0.2) is 15.9 Å². The Bertz CT molecular complexity index is 714. The van der Waals surface area contributed by atoms with Crippen molar-refractivity contribution in [2.45, 2.75) is 6.92 Å². The number of thiophene rings is 1. The smallest absolute Gasteiger partial charge is 0.176 e. The van der Waals surface area contributed by atoms with E-state index >= 15 is 0 Å². The lowest BCUT2D eigenvalue weighted by Gasteiger charge is -2.04. The molecule has 0 spiro atoms. The van der Waals surface area contributed by atoms with E-state index in [1.54, 1.807) is 17.5 Å². The first-order chi connectivity index (χ1) is 9.34. The summed E-state index contributed by atoms with van der Waals surface area (Å²) in [6.45, 7) is 1.97. The molecular formula is C14H12N4S. The van der Waals surface area contributed by atoms with Gasteiger partial charge in [-0.25, -0.2) is 0 Å². The molecule has 4 nitrogen and oxygen atoms in total. The van der Waals surface area contributed by atoms with Gasteiger partial charge in [-0.3, -0.25) is 5.43 Å². The van der Waals surface area contributed by atoms with Crippen LogP contribution in [-0.2, 0) is 0 Å². The predicted octanol–water partition coefficient (Wildman–Crippen LogP) is 3.53. The standard InChI is InChI=1S/C14H12N4S/c1-10(13-7-4-8-19-13)16-18-14-12-6-3-2-5-11(12)9-15-17-14/h2-9H,1H3,(H,17,18)/b16-10-. The zero-order valence-corrected chi connectivity index (χ0v) is 11.2. The van der Waals surface area contributed by atoms with E-state index in [4.69, 9.17) is 0 Å². The quantitative estimate of drug-likeness (QED) is 0.584. The molecule has 0 aliphatic carbocycles. The zero-order valence-electron chi connectivity index (χ0n) is 10.4. The van der Waals surface area contributed by atoms with Gasteiger partial charge in [0.05, 0.1) is 11.9 Å². The van der Waals surface area contributed by atoms with E-state index in [-0.39, 0.29) is 0 Å². The Hall–Kier alpha value is -2.27. The molecular weight excluding hydrogens is 256 g/mol. The summed E-state index contributed by atoms with van der Waals surface area (Å²) in [6.07, 6.45) is 1.75. The van der Waals surface area contributed by atoms with Crippen LogP contribution in [0, 0.1) is 0 Å². The van der Waals surface area contributed by atoms with Crippen LogP contribution in [0.1, 0.15) is 11.8 Å². The van der Waals surface area contributed by atoms with Gasteiger partial charge in [0.2, 0.25) is 0 Å². The van der Waals surface area contributed by atoms with Crippen molar-refractivity contribution in [3.8, 4) is 0 Å².